The van der Waals surface area contributed by atoms with E-state index in [4.69, 9.17) is 10.5 Å². The van der Waals surface area contributed by atoms with Gasteiger partial charge in [0, 0.05) is 26.7 Å². The van der Waals surface area contributed by atoms with E-state index in [9.17, 15) is 8.42 Å². The molecule has 1 aromatic heterocycles. The van der Waals surface area contributed by atoms with Crippen LogP contribution < -0.4 is 11.1 Å². The molecule has 9 heteroatoms. The molecule has 1 heterocycles. The van der Waals surface area contributed by atoms with Crippen LogP contribution in [0.2, 0.25) is 0 Å². The second-order valence-corrected chi connectivity index (χ2v) is 8.13. The third kappa shape index (κ3) is 4.06. The molecular weight excluding hydrogens is 312 g/mol. The summed E-state index contributed by atoms with van der Waals surface area (Å²) in [6.07, 6.45) is 1.44. The van der Waals surface area contributed by atoms with Crippen molar-refractivity contribution < 1.29 is 13.2 Å². The van der Waals surface area contributed by atoms with Crippen LogP contribution in [-0.2, 0) is 14.6 Å². The molecule has 0 bridgehead atoms. The van der Waals surface area contributed by atoms with Crippen molar-refractivity contribution in [3.63, 3.8) is 0 Å². The van der Waals surface area contributed by atoms with Gasteiger partial charge in [0.15, 0.2) is 15.7 Å². The van der Waals surface area contributed by atoms with E-state index in [1.54, 1.807) is 7.11 Å². The number of hydrogen-bond acceptors (Lipinski definition) is 8. The first-order valence-electron chi connectivity index (χ1n) is 6.87. The lowest BCUT2D eigenvalue weighted by Gasteiger charge is -2.16. The number of nitrogens with two attached hydrogens (primary N) is 1. The minimum absolute atomic E-state index is 0.113. The van der Waals surface area contributed by atoms with Crippen LogP contribution in [0, 0.1) is 0 Å². The lowest BCUT2D eigenvalue weighted by Crippen LogP contribution is -2.28. The molecule has 0 spiro atoms. The van der Waals surface area contributed by atoms with E-state index < -0.39 is 9.84 Å². The molecule has 120 valence electrons. The van der Waals surface area contributed by atoms with Crippen molar-refractivity contribution in [1.82, 2.24) is 9.27 Å². The molecule has 1 saturated carbocycles. The van der Waals surface area contributed by atoms with Crippen molar-refractivity contribution in [2.75, 3.05) is 51.4 Å². The van der Waals surface area contributed by atoms with E-state index in [0.29, 0.717) is 18.2 Å². The maximum absolute atomic E-state index is 12.4. The fourth-order valence-corrected chi connectivity index (χ4v) is 4.86. The molecule has 1 aromatic rings. The smallest absolute Gasteiger partial charge is 0.187 e. The van der Waals surface area contributed by atoms with Gasteiger partial charge in [-0.1, -0.05) is 0 Å². The number of nitrogens with zero attached hydrogens (tertiary/aromatic N) is 2. The van der Waals surface area contributed by atoms with Crippen LogP contribution >= 0.6 is 11.5 Å². The number of likely N-dealkylation sites (N-methyl/N-ethyl adjacent to an activating group) is 1. The van der Waals surface area contributed by atoms with Gasteiger partial charge in [-0.15, -0.1) is 0 Å². The van der Waals surface area contributed by atoms with E-state index >= 15 is 0 Å². The summed E-state index contributed by atoms with van der Waals surface area (Å²) in [6.45, 7) is 2.92. The second-order valence-electron chi connectivity index (χ2n) is 5.19. The standard InChI is InChI=1S/C12H22N4O3S2/c1-16(7-8-19-2)6-5-14-12-10(11(13)15-20-12)21(17,18)9-3-4-9/h9,14H,3-8H2,1-2H3,(H2,13,15). The quantitative estimate of drug-likeness (QED) is 0.684. The number of nitrogen functional groups attached to an aromatic ring is 1. The molecule has 2 rings (SSSR count). The monoisotopic (exact) mass is 334 g/mol. The highest BCUT2D eigenvalue weighted by Crippen LogP contribution is 2.40. The first-order valence-corrected chi connectivity index (χ1v) is 9.19. The number of rotatable bonds is 9. The van der Waals surface area contributed by atoms with Gasteiger partial charge >= 0.3 is 0 Å². The number of nitrogens with one attached hydrogen (secondary N) is 1. The Morgan fingerprint density at radius 3 is 2.81 bits per heavy atom. The molecule has 0 aliphatic heterocycles. The van der Waals surface area contributed by atoms with Crippen molar-refractivity contribution in [2.45, 2.75) is 23.0 Å². The van der Waals surface area contributed by atoms with E-state index in [2.05, 4.69) is 14.6 Å². The Hall–Kier alpha value is -0.900. The molecule has 0 atom stereocenters. The summed E-state index contributed by atoms with van der Waals surface area (Å²) in [5.41, 5.74) is 5.74. The third-order valence-corrected chi connectivity index (χ3v) is 6.66. The van der Waals surface area contributed by atoms with Gasteiger partial charge in [0.05, 0.1) is 11.9 Å². The fourth-order valence-electron chi connectivity index (χ4n) is 1.95. The maximum atomic E-state index is 12.4. The van der Waals surface area contributed by atoms with Crippen LogP contribution in [0.25, 0.3) is 0 Å². The van der Waals surface area contributed by atoms with Crippen LogP contribution in [-0.4, -0.2) is 63.3 Å². The van der Waals surface area contributed by atoms with Crippen molar-refractivity contribution >= 4 is 32.2 Å². The average Bonchev–Trinajstić information content (AvgIpc) is 3.22. The van der Waals surface area contributed by atoms with Crippen LogP contribution in [0.1, 0.15) is 12.8 Å². The summed E-state index contributed by atoms with van der Waals surface area (Å²) in [7, 11) is 0.336. The molecule has 0 aromatic carbocycles. The zero-order chi connectivity index (χ0) is 15.5. The molecule has 0 saturated heterocycles. The maximum Gasteiger partial charge on any atom is 0.187 e. The van der Waals surface area contributed by atoms with Gasteiger partial charge in [-0.25, -0.2) is 8.42 Å². The minimum atomic E-state index is -3.32. The van der Waals surface area contributed by atoms with Crippen LogP contribution in [0.15, 0.2) is 4.90 Å². The predicted octanol–water partition coefficient (Wildman–Crippen LogP) is 0.652. The summed E-state index contributed by atoms with van der Waals surface area (Å²) in [5, 5.41) is 3.42. The number of ether oxygens (including phenoxy) is 1. The molecule has 7 nitrogen and oxygen atoms in total. The SMILES string of the molecule is COCCN(C)CCNc1snc(N)c1S(=O)(=O)C1CC1. The molecule has 0 unspecified atom stereocenters. The Bertz CT molecular complexity index is 569. The molecule has 1 aliphatic carbocycles. The normalized spacial score (nSPS) is 15.6. The Labute approximate surface area is 129 Å². The minimum Gasteiger partial charge on any atom is -0.383 e. The Morgan fingerprint density at radius 2 is 2.19 bits per heavy atom. The van der Waals surface area contributed by atoms with Gasteiger partial charge in [-0.05, 0) is 31.4 Å². The molecule has 0 amide bonds. The Balaban J connectivity index is 1.95. The summed E-state index contributed by atoms with van der Waals surface area (Å²) in [6, 6.07) is 0. The van der Waals surface area contributed by atoms with Gasteiger partial charge in [0.2, 0.25) is 0 Å². The molecule has 3 N–H and O–H groups in total. The van der Waals surface area contributed by atoms with Gasteiger partial charge in [-0.2, -0.15) is 4.37 Å². The molecular formula is C12H22N4O3S2. The Morgan fingerprint density at radius 1 is 1.48 bits per heavy atom. The van der Waals surface area contributed by atoms with Crippen molar-refractivity contribution in [2.24, 2.45) is 0 Å². The predicted molar refractivity (Wildman–Crippen MR) is 84.6 cm³/mol. The van der Waals surface area contributed by atoms with Gasteiger partial charge in [0.25, 0.3) is 0 Å². The van der Waals surface area contributed by atoms with Crippen LogP contribution in [0.3, 0.4) is 0 Å². The van der Waals surface area contributed by atoms with Crippen molar-refractivity contribution in [3.05, 3.63) is 0 Å². The van der Waals surface area contributed by atoms with Gasteiger partial charge in [-0.3, -0.25) is 0 Å². The molecule has 1 aliphatic rings. The fraction of sp³-hybridized carbons (Fsp3) is 0.750. The first kappa shape index (κ1) is 16.5. The molecule has 21 heavy (non-hydrogen) atoms. The van der Waals surface area contributed by atoms with Gasteiger partial charge < -0.3 is 20.7 Å². The van der Waals surface area contributed by atoms with Gasteiger partial charge in [0.1, 0.15) is 9.90 Å². The summed E-state index contributed by atoms with van der Waals surface area (Å²) in [5.74, 6) is 0.113. The van der Waals surface area contributed by atoms with Crippen molar-refractivity contribution in [3.8, 4) is 0 Å². The summed E-state index contributed by atoms with van der Waals surface area (Å²) in [4.78, 5) is 2.30. The number of hydrogen-bond donors (Lipinski definition) is 2. The zero-order valence-electron chi connectivity index (χ0n) is 12.3. The number of aromatic nitrogens is 1. The lowest BCUT2D eigenvalue weighted by atomic mass is 10.5. The topological polar surface area (TPSA) is 97.5 Å². The second kappa shape index (κ2) is 6.91. The average molecular weight is 334 g/mol. The van der Waals surface area contributed by atoms with E-state index in [1.165, 1.54) is 0 Å². The summed E-state index contributed by atoms with van der Waals surface area (Å²) >= 11 is 1.11. The highest BCUT2D eigenvalue weighted by atomic mass is 32.2. The van der Waals surface area contributed by atoms with Crippen molar-refractivity contribution in [1.29, 1.82) is 0 Å². The number of methoxy groups -OCH3 is 1. The first-order chi connectivity index (χ1) is 9.96. The number of anilines is 2. The molecule has 0 radical (unpaired) electrons. The lowest BCUT2D eigenvalue weighted by molar-refractivity contribution is 0.163. The van der Waals surface area contributed by atoms with Crippen LogP contribution in [0.4, 0.5) is 10.8 Å². The van der Waals surface area contributed by atoms with E-state index in [0.717, 1.165) is 37.5 Å². The van der Waals surface area contributed by atoms with E-state index in [-0.39, 0.29) is 16.0 Å². The van der Waals surface area contributed by atoms with E-state index in [1.807, 2.05) is 7.05 Å². The third-order valence-electron chi connectivity index (χ3n) is 3.38. The highest BCUT2D eigenvalue weighted by molar-refractivity contribution is 7.92. The number of sulfone groups is 1. The largest absolute Gasteiger partial charge is 0.383 e. The zero-order valence-corrected chi connectivity index (χ0v) is 14.0. The summed E-state index contributed by atoms with van der Waals surface area (Å²) < 4.78 is 33.7. The van der Waals surface area contributed by atoms with Crippen LogP contribution in [0.5, 0.6) is 0 Å². The Kier molecular flexibility index (Phi) is 5.42. The molecule has 1 fully saturated rings. The highest BCUT2D eigenvalue weighted by Gasteiger charge is 2.40.